The lowest BCUT2D eigenvalue weighted by Crippen LogP contribution is -2.25. The predicted molar refractivity (Wildman–Crippen MR) is 80.7 cm³/mol. The Balaban J connectivity index is 1.49. The molecule has 0 saturated carbocycles. The van der Waals surface area contributed by atoms with Gasteiger partial charge in [0.05, 0.1) is 31.0 Å². The van der Waals surface area contributed by atoms with Crippen LogP contribution < -0.4 is 4.74 Å². The molecule has 3 rings (SSSR count). The Bertz CT molecular complexity index is 486. The number of aromatic nitrogens is 2. The van der Waals surface area contributed by atoms with Gasteiger partial charge in [-0.2, -0.15) is 4.37 Å². The van der Waals surface area contributed by atoms with E-state index in [1.54, 1.807) is 0 Å². The van der Waals surface area contributed by atoms with E-state index in [1.165, 1.54) is 17.3 Å². The molecule has 0 amide bonds. The van der Waals surface area contributed by atoms with E-state index in [0.29, 0.717) is 25.7 Å². The average Bonchev–Trinajstić information content (AvgIpc) is 3.15. The SMILES string of the molecule is CN1CCC=C(c2nsnc2OCCO[C@H]2CCOC2)C1. The highest BCUT2D eigenvalue weighted by Crippen LogP contribution is 2.26. The van der Waals surface area contributed by atoms with E-state index in [1.807, 2.05) is 0 Å². The summed E-state index contributed by atoms with van der Waals surface area (Å²) < 4.78 is 25.3. The first-order valence-corrected chi connectivity index (χ1v) is 8.08. The molecule has 1 aromatic heterocycles. The van der Waals surface area contributed by atoms with Gasteiger partial charge in [-0.25, -0.2) is 0 Å². The van der Waals surface area contributed by atoms with Crippen molar-refractivity contribution in [3.05, 3.63) is 11.8 Å². The molecule has 2 aliphatic rings. The maximum atomic E-state index is 5.74. The van der Waals surface area contributed by atoms with Crippen LogP contribution in [0.2, 0.25) is 0 Å². The van der Waals surface area contributed by atoms with E-state index in [9.17, 15) is 0 Å². The fourth-order valence-corrected chi connectivity index (χ4v) is 3.07. The van der Waals surface area contributed by atoms with Crippen molar-refractivity contribution in [1.82, 2.24) is 13.6 Å². The lowest BCUT2D eigenvalue weighted by Gasteiger charge is -2.22. The third-order valence-corrected chi connectivity index (χ3v) is 4.18. The van der Waals surface area contributed by atoms with Gasteiger partial charge in [0.25, 0.3) is 5.88 Å². The quantitative estimate of drug-likeness (QED) is 0.741. The van der Waals surface area contributed by atoms with Crippen LogP contribution >= 0.6 is 11.7 Å². The summed E-state index contributed by atoms with van der Waals surface area (Å²) >= 11 is 1.20. The Morgan fingerprint density at radius 1 is 1.43 bits per heavy atom. The molecule has 116 valence electrons. The first-order chi connectivity index (χ1) is 10.3. The van der Waals surface area contributed by atoms with Crippen molar-refractivity contribution in [2.24, 2.45) is 0 Å². The van der Waals surface area contributed by atoms with E-state index in [2.05, 4.69) is 26.8 Å². The summed E-state index contributed by atoms with van der Waals surface area (Å²) in [5, 5.41) is 0. The van der Waals surface area contributed by atoms with Crippen molar-refractivity contribution in [3.63, 3.8) is 0 Å². The van der Waals surface area contributed by atoms with Gasteiger partial charge in [-0.1, -0.05) is 6.08 Å². The maximum Gasteiger partial charge on any atom is 0.253 e. The summed E-state index contributed by atoms with van der Waals surface area (Å²) in [7, 11) is 2.12. The number of ether oxygens (including phenoxy) is 3. The fourth-order valence-electron chi connectivity index (χ4n) is 2.53. The standard InChI is InChI=1S/C14H21N3O3S/c1-17-5-2-3-11(9-17)13-14(16-21-15-13)20-8-7-19-12-4-6-18-10-12/h3,12H,2,4-10H2,1H3/t12-/m0/s1. The number of hydrogen-bond donors (Lipinski definition) is 0. The smallest absolute Gasteiger partial charge is 0.253 e. The van der Waals surface area contributed by atoms with Crippen molar-refractivity contribution in [3.8, 4) is 5.88 Å². The van der Waals surface area contributed by atoms with Gasteiger partial charge in [0.15, 0.2) is 0 Å². The van der Waals surface area contributed by atoms with E-state index < -0.39 is 0 Å². The van der Waals surface area contributed by atoms with Crippen molar-refractivity contribution < 1.29 is 14.2 Å². The Hall–Kier alpha value is -1.02. The third kappa shape index (κ3) is 4.00. The number of likely N-dealkylation sites (N-methyl/N-ethyl adjacent to an activating group) is 1. The molecular weight excluding hydrogens is 290 g/mol. The second-order valence-electron chi connectivity index (χ2n) is 5.38. The molecule has 0 radical (unpaired) electrons. The summed E-state index contributed by atoms with van der Waals surface area (Å²) in [4.78, 5) is 2.28. The zero-order valence-corrected chi connectivity index (χ0v) is 13.1. The zero-order valence-electron chi connectivity index (χ0n) is 12.3. The van der Waals surface area contributed by atoms with Gasteiger partial charge in [0.2, 0.25) is 0 Å². The molecule has 0 unspecified atom stereocenters. The van der Waals surface area contributed by atoms with Crippen LogP contribution in [0.4, 0.5) is 0 Å². The van der Waals surface area contributed by atoms with Gasteiger partial charge >= 0.3 is 0 Å². The summed E-state index contributed by atoms with van der Waals surface area (Å²) in [5.41, 5.74) is 2.09. The number of hydrogen-bond acceptors (Lipinski definition) is 7. The number of rotatable bonds is 6. The van der Waals surface area contributed by atoms with Crippen LogP contribution in [0.3, 0.4) is 0 Å². The van der Waals surface area contributed by atoms with Crippen molar-refractivity contribution in [1.29, 1.82) is 0 Å². The molecular formula is C14H21N3O3S. The zero-order chi connectivity index (χ0) is 14.5. The molecule has 1 fully saturated rings. The van der Waals surface area contributed by atoms with Crippen molar-refractivity contribution in [2.45, 2.75) is 18.9 Å². The Morgan fingerprint density at radius 2 is 2.38 bits per heavy atom. The molecule has 7 heteroatoms. The lowest BCUT2D eigenvalue weighted by molar-refractivity contribution is 0.0259. The van der Waals surface area contributed by atoms with Gasteiger partial charge in [0, 0.05) is 19.7 Å². The molecule has 1 atom stereocenters. The van der Waals surface area contributed by atoms with E-state index >= 15 is 0 Å². The minimum absolute atomic E-state index is 0.219. The molecule has 0 bridgehead atoms. The Morgan fingerprint density at radius 3 is 3.19 bits per heavy atom. The molecule has 0 aromatic carbocycles. The first kappa shape index (κ1) is 14.9. The van der Waals surface area contributed by atoms with Crippen LogP contribution in [-0.4, -0.2) is 66.3 Å². The Labute approximate surface area is 129 Å². The monoisotopic (exact) mass is 311 g/mol. The lowest BCUT2D eigenvalue weighted by atomic mass is 10.1. The van der Waals surface area contributed by atoms with Gasteiger partial charge in [0.1, 0.15) is 12.3 Å². The molecule has 0 N–H and O–H groups in total. The van der Waals surface area contributed by atoms with Crippen LogP contribution in [0, 0.1) is 0 Å². The summed E-state index contributed by atoms with van der Waals surface area (Å²) in [6.07, 6.45) is 4.48. The molecule has 0 spiro atoms. The minimum atomic E-state index is 0.219. The van der Waals surface area contributed by atoms with Crippen LogP contribution in [0.1, 0.15) is 18.5 Å². The average molecular weight is 311 g/mol. The van der Waals surface area contributed by atoms with E-state index in [0.717, 1.165) is 38.2 Å². The highest BCUT2D eigenvalue weighted by molar-refractivity contribution is 6.99. The van der Waals surface area contributed by atoms with Crippen molar-refractivity contribution >= 4 is 17.3 Å². The first-order valence-electron chi connectivity index (χ1n) is 7.35. The predicted octanol–water partition coefficient (Wildman–Crippen LogP) is 1.44. The van der Waals surface area contributed by atoms with Gasteiger partial charge in [-0.15, -0.1) is 4.37 Å². The second-order valence-corrected chi connectivity index (χ2v) is 5.91. The molecule has 3 heterocycles. The van der Waals surface area contributed by atoms with Crippen molar-refractivity contribution in [2.75, 3.05) is 46.6 Å². The number of nitrogens with zero attached hydrogens (tertiary/aromatic N) is 3. The van der Waals surface area contributed by atoms with E-state index in [4.69, 9.17) is 14.2 Å². The van der Waals surface area contributed by atoms with Crippen LogP contribution in [0.5, 0.6) is 5.88 Å². The van der Waals surface area contributed by atoms with Gasteiger partial charge in [-0.05, 0) is 25.5 Å². The van der Waals surface area contributed by atoms with Gasteiger partial charge < -0.3 is 19.1 Å². The summed E-state index contributed by atoms with van der Waals surface area (Å²) in [6, 6.07) is 0. The van der Waals surface area contributed by atoms with Crippen LogP contribution in [0.15, 0.2) is 6.08 Å². The van der Waals surface area contributed by atoms with Crippen LogP contribution in [0.25, 0.3) is 5.57 Å². The highest BCUT2D eigenvalue weighted by Gasteiger charge is 2.19. The highest BCUT2D eigenvalue weighted by atomic mass is 32.1. The third-order valence-electron chi connectivity index (χ3n) is 3.67. The molecule has 21 heavy (non-hydrogen) atoms. The van der Waals surface area contributed by atoms with Crippen LogP contribution in [-0.2, 0) is 9.47 Å². The maximum absolute atomic E-state index is 5.74. The molecule has 6 nitrogen and oxygen atoms in total. The molecule has 1 aromatic rings. The van der Waals surface area contributed by atoms with Gasteiger partial charge in [-0.3, -0.25) is 0 Å². The molecule has 0 aliphatic carbocycles. The topological polar surface area (TPSA) is 56.7 Å². The largest absolute Gasteiger partial charge is 0.473 e. The van der Waals surface area contributed by atoms with E-state index in [-0.39, 0.29) is 6.10 Å². The fraction of sp³-hybridized carbons (Fsp3) is 0.714. The molecule has 2 aliphatic heterocycles. The summed E-state index contributed by atoms with van der Waals surface area (Å²) in [6.45, 7) is 4.55. The molecule has 1 saturated heterocycles. The summed E-state index contributed by atoms with van der Waals surface area (Å²) in [5.74, 6) is 0.632. The second kappa shape index (κ2) is 7.31. The Kier molecular flexibility index (Phi) is 5.18. The minimum Gasteiger partial charge on any atom is -0.473 e. The normalized spacial score (nSPS) is 23.3.